The fourth-order valence-electron chi connectivity index (χ4n) is 4.13. The number of benzene rings is 2. The van der Waals surface area contributed by atoms with Gasteiger partial charge in [-0.1, -0.05) is 38.1 Å². The number of aryl methyl sites for hydroxylation is 1. The van der Waals surface area contributed by atoms with Crippen LogP contribution in [0.5, 0.6) is 0 Å². The molecule has 0 aliphatic carbocycles. The van der Waals surface area contributed by atoms with Crippen LogP contribution in [-0.2, 0) is 13.6 Å². The first-order chi connectivity index (χ1) is 15.9. The van der Waals surface area contributed by atoms with E-state index in [4.69, 9.17) is 4.98 Å². The molecule has 0 fully saturated rings. The first-order valence-corrected chi connectivity index (χ1v) is 10.7. The molecule has 2 aromatic carbocycles. The standard InChI is InChI=1S/C25H23FN6O/c1-16(2)22-19(6-4-7-20(22)26)23-27-14-21-24(29-23)31(25(33)30(21)3)15-17-8-10-18(11-9-17)32-13-5-12-28-32/h4-14,16H,15H2,1-3H3. The van der Waals surface area contributed by atoms with Crippen molar-refractivity contribution < 1.29 is 4.39 Å². The zero-order valence-electron chi connectivity index (χ0n) is 18.6. The van der Waals surface area contributed by atoms with E-state index in [-0.39, 0.29) is 17.4 Å². The third kappa shape index (κ3) is 3.63. The van der Waals surface area contributed by atoms with Crippen LogP contribution in [0.3, 0.4) is 0 Å². The minimum atomic E-state index is -0.283. The Hall–Kier alpha value is -4.07. The fourth-order valence-corrected chi connectivity index (χ4v) is 4.13. The molecule has 0 spiro atoms. The van der Waals surface area contributed by atoms with E-state index < -0.39 is 0 Å². The Morgan fingerprint density at radius 1 is 1.06 bits per heavy atom. The van der Waals surface area contributed by atoms with Crippen LogP contribution in [0.4, 0.5) is 4.39 Å². The van der Waals surface area contributed by atoms with E-state index in [1.165, 1.54) is 10.6 Å². The summed E-state index contributed by atoms with van der Waals surface area (Å²) in [6.45, 7) is 4.23. The molecule has 0 aliphatic rings. The van der Waals surface area contributed by atoms with Crippen molar-refractivity contribution in [3.63, 3.8) is 0 Å². The third-order valence-corrected chi connectivity index (χ3v) is 5.80. The predicted molar refractivity (Wildman–Crippen MR) is 125 cm³/mol. The molecule has 5 aromatic rings. The van der Waals surface area contributed by atoms with Crippen LogP contribution in [0, 0.1) is 5.82 Å². The summed E-state index contributed by atoms with van der Waals surface area (Å²) in [5, 5.41) is 4.24. The fraction of sp³-hybridized carbons (Fsp3) is 0.200. The van der Waals surface area contributed by atoms with Crippen LogP contribution < -0.4 is 5.69 Å². The van der Waals surface area contributed by atoms with Gasteiger partial charge in [-0.3, -0.25) is 9.13 Å². The highest BCUT2D eigenvalue weighted by atomic mass is 19.1. The van der Waals surface area contributed by atoms with Crippen molar-refractivity contribution in [2.75, 3.05) is 0 Å². The highest BCUT2D eigenvalue weighted by Crippen LogP contribution is 2.30. The lowest BCUT2D eigenvalue weighted by Crippen LogP contribution is -2.22. The number of fused-ring (bicyclic) bond motifs is 1. The molecule has 3 heterocycles. The highest BCUT2D eigenvalue weighted by Gasteiger charge is 2.19. The average molecular weight is 442 g/mol. The number of hydrogen-bond donors (Lipinski definition) is 0. The van der Waals surface area contributed by atoms with Crippen molar-refractivity contribution in [2.24, 2.45) is 7.05 Å². The first kappa shape index (κ1) is 20.8. The van der Waals surface area contributed by atoms with Crippen molar-refractivity contribution in [3.8, 4) is 17.1 Å². The van der Waals surface area contributed by atoms with E-state index in [0.717, 1.165) is 11.3 Å². The smallest absolute Gasteiger partial charge is 0.292 e. The van der Waals surface area contributed by atoms with Gasteiger partial charge in [0.05, 0.1) is 18.4 Å². The minimum absolute atomic E-state index is 0.0354. The predicted octanol–water partition coefficient (Wildman–Crippen LogP) is 4.29. The van der Waals surface area contributed by atoms with Gasteiger partial charge in [-0.25, -0.2) is 23.8 Å². The van der Waals surface area contributed by atoms with Gasteiger partial charge >= 0.3 is 5.69 Å². The molecule has 33 heavy (non-hydrogen) atoms. The molecule has 0 aliphatic heterocycles. The first-order valence-electron chi connectivity index (χ1n) is 10.7. The van der Waals surface area contributed by atoms with Gasteiger partial charge in [-0.2, -0.15) is 5.10 Å². The topological polar surface area (TPSA) is 70.5 Å². The van der Waals surface area contributed by atoms with E-state index in [2.05, 4.69) is 10.1 Å². The van der Waals surface area contributed by atoms with Crippen LogP contribution >= 0.6 is 0 Å². The van der Waals surface area contributed by atoms with Gasteiger partial charge in [-0.15, -0.1) is 0 Å². The average Bonchev–Trinajstić information content (AvgIpc) is 3.43. The summed E-state index contributed by atoms with van der Waals surface area (Å²) in [4.78, 5) is 22.2. The van der Waals surface area contributed by atoms with Crippen LogP contribution in [0.2, 0.25) is 0 Å². The van der Waals surface area contributed by atoms with E-state index in [1.807, 2.05) is 56.4 Å². The number of rotatable bonds is 5. The van der Waals surface area contributed by atoms with Gasteiger partial charge in [0.15, 0.2) is 11.5 Å². The maximum Gasteiger partial charge on any atom is 0.330 e. The van der Waals surface area contributed by atoms with E-state index in [0.29, 0.717) is 34.7 Å². The highest BCUT2D eigenvalue weighted by molar-refractivity contribution is 5.74. The molecule has 0 unspecified atom stereocenters. The van der Waals surface area contributed by atoms with Crippen LogP contribution in [0.15, 0.2) is 71.9 Å². The quantitative estimate of drug-likeness (QED) is 0.407. The number of nitrogens with zero attached hydrogens (tertiary/aromatic N) is 6. The number of aromatic nitrogens is 6. The number of halogens is 1. The van der Waals surface area contributed by atoms with Crippen LogP contribution in [0.25, 0.3) is 28.2 Å². The van der Waals surface area contributed by atoms with E-state index >= 15 is 0 Å². The van der Waals surface area contributed by atoms with Crippen LogP contribution in [-0.4, -0.2) is 28.9 Å². The molecule has 0 N–H and O–H groups in total. The van der Waals surface area contributed by atoms with Crippen molar-refractivity contribution in [2.45, 2.75) is 26.3 Å². The van der Waals surface area contributed by atoms with Gasteiger partial charge in [0, 0.05) is 30.6 Å². The summed E-state index contributed by atoms with van der Waals surface area (Å²) in [7, 11) is 1.70. The maximum absolute atomic E-state index is 14.5. The van der Waals surface area contributed by atoms with Gasteiger partial charge in [0.1, 0.15) is 11.3 Å². The Labute approximate surface area is 189 Å². The molecule has 7 nitrogen and oxygen atoms in total. The zero-order chi connectivity index (χ0) is 23.1. The summed E-state index contributed by atoms with van der Waals surface area (Å²) >= 11 is 0. The second kappa shape index (κ2) is 8.12. The van der Waals surface area contributed by atoms with Gasteiger partial charge in [0.25, 0.3) is 0 Å². The SMILES string of the molecule is CC(C)c1c(F)cccc1-c1ncc2c(n1)n(Cc1ccc(-n3cccn3)cc1)c(=O)n2C. The summed E-state index contributed by atoms with van der Waals surface area (Å²) < 4.78 is 19.5. The normalized spacial score (nSPS) is 11.5. The molecule has 0 saturated carbocycles. The van der Waals surface area contributed by atoms with Gasteiger partial charge in [-0.05, 0) is 35.7 Å². The Bertz CT molecular complexity index is 1500. The molecule has 0 radical (unpaired) electrons. The Kier molecular flexibility index (Phi) is 5.12. The molecule has 166 valence electrons. The van der Waals surface area contributed by atoms with Crippen molar-refractivity contribution in [3.05, 3.63) is 94.5 Å². The van der Waals surface area contributed by atoms with Crippen molar-refractivity contribution >= 4 is 11.2 Å². The van der Waals surface area contributed by atoms with E-state index in [9.17, 15) is 9.18 Å². The second-order valence-corrected chi connectivity index (χ2v) is 8.30. The van der Waals surface area contributed by atoms with Crippen LogP contribution in [0.1, 0.15) is 30.9 Å². The number of hydrogen-bond acceptors (Lipinski definition) is 4. The van der Waals surface area contributed by atoms with Crippen molar-refractivity contribution in [1.29, 1.82) is 0 Å². The largest absolute Gasteiger partial charge is 0.330 e. The molecule has 5 rings (SSSR count). The molecule has 8 heteroatoms. The zero-order valence-corrected chi connectivity index (χ0v) is 18.6. The Morgan fingerprint density at radius 2 is 1.85 bits per heavy atom. The second-order valence-electron chi connectivity index (χ2n) is 8.30. The maximum atomic E-state index is 14.5. The Morgan fingerprint density at radius 3 is 2.55 bits per heavy atom. The monoisotopic (exact) mass is 442 g/mol. The lowest BCUT2D eigenvalue weighted by molar-refractivity contribution is 0.599. The number of imidazole rings is 1. The molecule has 0 atom stereocenters. The molecule has 0 bridgehead atoms. The summed E-state index contributed by atoms with van der Waals surface area (Å²) in [5.41, 5.74) is 4.05. The Balaban J connectivity index is 1.58. The van der Waals surface area contributed by atoms with Crippen molar-refractivity contribution in [1.82, 2.24) is 28.9 Å². The molecule has 0 saturated heterocycles. The van der Waals surface area contributed by atoms with Gasteiger partial charge in [0.2, 0.25) is 0 Å². The minimum Gasteiger partial charge on any atom is -0.292 e. The summed E-state index contributed by atoms with van der Waals surface area (Å²) in [6.07, 6.45) is 5.23. The lowest BCUT2D eigenvalue weighted by atomic mass is 9.96. The molecular weight excluding hydrogens is 419 g/mol. The summed E-state index contributed by atoms with van der Waals surface area (Å²) in [5.74, 6) is 0.0831. The summed E-state index contributed by atoms with van der Waals surface area (Å²) in [6, 6.07) is 14.6. The van der Waals surface area contributed by atoms with E-state index in [1.54, 1.807) is 34.8 Å². The molecule has 0 amide bonds. The molecule has 3 aromatic heterocycles. The third-order valence-electron chi connectivity index (χ3n) is 5.80. The van der Waals surface area contributed by atoms with Gasteiger partial charge < -0.3 is 0 Å². The molecular formula is C25H23FN6O. The lowest BCUT2D eigenvalue weighted by Gasteiger charge is -2.13.